The fourth-order valence-corrected chi connectivity index (χ4v) is 2.65. The highest BCUT2D eigenvalue weighted by atomic mass is 79.9. The van der Waals surface area contributed by atoms with Crippen LogP contribution in [0.4, 0.5) is 0 Å². The Kier molecular flexibility index (Phi) is 5.53. The Morgan fingerprint density at radius 1 is 1.35 bits per heavy atom. The van der Waals surface area contributed by atoms with Gasteiger partial charge in [0.25, 0.3) is 0 Å². The number of hydrogen-bond acceptors (Lipinski definition) is 3. The molecular weight excluding hydrogens is 350 g/mol. The van der Waals surface area contributed by atoms with Crippen LogP contribution in [-0.4, -0.2) is 19.3 Å². The second-order valence-electron chi connectivity index (χ2n) is 4.29. The lowest BCUT2D eigenvalue weighted by atomic mass is 10.1. The van der Waals surface area contributed by atoms with Gasteiger partial charge in [0.05, 0.1) is 17.1 Å². The Balaban J connectivity index is 1.62. The summed E-state index contributed by atoms with van der Waals surface area (Å²) in [5.74, 6) is 0.938. The minimum absolute atomic E-state index is 0.450. The van der Waals surface area contributed by atoms with Crippen LogP contribution < -0.4 is 5.32 Å². The summed E-state index contributed by atoms with van der Waals surface area (Å²) >= 11 is 6.73. The standard InChI is InChI=1S/C12H17Br2NO2/c13-11-7-10(17-12(11)14)8-15-5-4-9-3-1-2-6-16-9/h7,9,15H,1-6,8H2. The third-order valence-corrected chi connectivity index (χ3v) is 4.62. The molecule has 1 aromatic heterocycles. The van der Waals surface area contributed by atoms with Gasteiger partial charge in [-0.05, 0) is 70.2 Å². The Labute approximate surface area is 119 Å². The summed E-state index contributed by atoms with van der Waals surface area (Å²) in [5.41, 5.74) is 0. The molecule has 0 bridgehead atoms. The second kappa shape index (κ2) is 6.92. The van der Waals surface area contributed by atoms with E-state index in [4.69, 9.17) is 9.15 Å². The van der Waals surface area contributed by atoms with Crippen molar-refractivity contribution in [3.05, 3.63) is 21.0 Å². The summed E-state index contributed by atoms with van der Waals surface area (Å²) in [6.07, 6.45) is 5.27. The fourth-order valence-electron chi connectivity index (χ4n) is 1.99. The van der Waals surface area contributed by atoms with E-state index in [1.54, 1.807) is 0 Å². The normalized spacial score (nSPS) is 20.7. The first-order valence-electron chi connectivity index (χ1n) is 6.02. The lowest BCUT2D eigenvalue weighted by Gasteiger charge is -2.22. The molecule has 0 aliphatic carbocycles. The molecule has 0 amide bonds. The molecule has 1 atom stereocenters. The number of furan rings is 1. The zero-order chi connectivity index (χ0) is 12.1. The van der Waals surface area contributed by atoms with E-state index in [0.717, 1.165) is 41.0 Å². The molecule has 3 nitrogen and oxygen atoms in total. The van der Waals surface area contributed by atoms with E-state index in [2.05, 4.69) is 37.2 Å². The van der Waals surface area contributed by atoms with Crippen molar-refractivity contribution in [1.82, 2.24) is 5.32 Å². The molecule has 1 aromatic rings. The van der Waals surface area contributed by atoms with Crippen molar-refractivity contribution in [3.63, 3.8) is 0 Å². The van der Waals surface area contributed by atoms with Crippen LogP contribution in [0.5, 0.6) is 0 Å². The van der Waals surface area contributed by atoms with Gasteiger partial charge in [0.1, 0.15) is 5.76 Å². The molecule has 5 heteroatoms. The lowest BCUT2D eigenvalue weighted by Crippen LogP contribution is -2.25. The van der Waals surface area contributed by atoms with Crippen molar-refractivity contribution in [2.45, 2.75) is 38.3 Å². The van der Waals surface area contributed by atoms with E-state index in [-0.39, 0.29) is 0 Å². The molecule has 1 saturated heterocycles. The van der Waals surface area contributed by atoms with Crippen molar-refractivity contribution >= 4 is 31.9 Å². The van der Waals surface area contributed by atoms with Gasteiger partial charge in [0.2, 0.25) is 0 Å². The van der Waals surface area contributed by atoms with Crippen LogP contribution in [0.3, 0.4) is 0 Å². The smallest absolute Gasteiger partial charge is 0.183 e. The van der Waals surface area contributed by atoms with Gasteiger partial charge in [0.15, 0.2) is 4.67 Å². The molecule has 96 valence electrons. The highest BCUT2D eigenvalue weighted by Gasteiger charge is 2.13. The van der Waals surface area contributed by atoms with Gasteiger partial charge in [-0.2, -0.15) is 0 Å². The van der Waals surface area contributed by atoms with Crippen LogP contribution in [0.15, 0.2) is 19.6 Å². The zero-order valence-corrected chi connectivity index (χ0v) is 12.8. The molecule has 0 spiro atoms. The van der Waals surface area contributed by atoms with E-state index >= 15 is 0 Å². The van der Waals surface area contributed by atoms with Crippen LogP contribution in [0.1, 0.15) is 31.4 Å². The van der Waals surface area contributed by atoms with Gasteiger partial charge in [-0.15, -0.1) is 0 Å². The first-order chi connectivity index (χ1) is 8.25. The molecule has 17 heavy (non-hydrogen) atoms. The minimum atomic E-state index is 0.450. The summed E-state index contributed by atoms with van der Waals surface area (Å²) < 4.78 is 12.9. The van der Waals surface area contributed by atoms with Crippen molar-refractivity contribution in [3.8, 4) is 0 Å². The van der Waals surface area contributed by atoms with Crippen LogP contribution in [0, 0.1) is 0 Å². The molecule has 1 unspecified atom stereocenters. The van der Waals surface area contributed by atoms with E-state index in [1.807, 2.05) is 6.07 Å². The highest BCUT2D eigenvalue weighted by molar-refractivity contribution is 9.13. The van der Waals surface area contributed by atoms with Gasteiger partial charge in [-0.3, -0.25) is 0 Å². The van der Waals surface area contributed by atoms with Crippen LogP contribution in [-0.2, 0) is 11.3 Å². The SMILES string of the molecule is Brc1cc(CNCCC2CCCCO2)oc1Br. The van der Waals surface area contributed by atoms with Crippen LogP contribution in [0.25, 0.3) is 0 Å². The number of hydrogen-bond donors (Lipinski definition) is 1. The third kappa shape index (κ3) is 4.39. The Bertz CT molecular complexity index is 329. The van der Waals surface area contributed by atoms with Crippen molar-refractivity contribution < 1.29 is 9.15 Å². The number of rotatable bonds is 5. The quantitative estimate of drug-likeness (QED) is 0.803. The maximum atomic E-state index is 5.68. The minimum Gasteiger partial charge on any atom is -0.452 e. The van der Waals surface area contributed by atoms with E-state index in [9.17, 15) is 0 Å². The van der Waals surface area contributed by atoms with E-state index < -0.39 is 0 Å². The van der Waals surface area contributed by atoms with Gasteiger partial charge >= 0.3 is 0 Å². The summed E-state index contributed by atoms with van der Waals surface area (Å²) in [6, 6.07) is 1.98. The van der Waals surface area contributed by atoms with E-state index in [0.29, 0.717) is 6.10 Å². The summed E-state index contributed by atoms with van der Waals surface area (Å²) in [4.78, 5) is 0. The predicted octanol–water partition coefficient (Wildman–Crippen LogP) is 3.85. The van der Waals surface area contributed by atoms with Crippen molar-refractivity contribution in [2.24, 2.45) is 0 Å². The molecule has 1 aliphatic rings. The number of ether oxygens (including phenoxy) is 1. The molecule has 1 fully saturated rings. The molecule has 0 radical (unpaired) electrons. The second-order valence-corrected chi connectivity index (χ2v) is 5.86. The van der Waals surface area contributed by atoms with Crippen molar-refractivity contribution in [1.29, 1.82) is 0 Å². The first-order valence-corrected chi connectivity index (χ1v) is 7.60. The number of halogens is 2. The summed E-state index contributed by atoms with van der Waals surface area (Å²) in [7, 11) is 0. The van der Waals surface area contributed by atoms with Gasteiger partial charge in [-0.25, -0.2) is 0 Å². The fraction of sp³-hybridized carbons (Fsp3) is 0.667. The summed E-state index contributed by atoms with van der Waals surface area (Å²) in [5, 5.41) is 3.37. The molecule has 1 N–H and O–H groups in total. The van der Waals surface area contributed by atoms with Crippen LogP contribution >= 0.6 is 31.9 Å². The first kappa shape index (κ1) is 13.6. The average Bonchev–Trinajstić information content (AvgIpc) is 2.66. The Hall–Kier alpha value is 0.160. The molecular formula is C12H17Br2NO2. The predicted molar refractivity (Wildman–Crippen MR) is 74.0 cm³/mol. The zero-order valence-electron chi connectivity index (χ0n) is 9.68. The van der Waals surface area contributed by atoms with Crippen molar-refractivity contribution in [2.75, 3.05) is 13.2 Å². The number of nitrogens with one attached hydrogen (secondary N) is 1. The van der Waals surface area contributed by atoms with E-state index in [1.165, 1.54) is 19.3 Å². The maximum Gasteiger partial charge on any atom is 0.183 e. The van der Waals surface area contributed by atoms with Gasteiger partial charge < -0.3 is 14.5 Å². The van der Waals surface area contributed by atoms with Crippen LogP contribution in [0.2, 0.25) is 0 Å². The Morgan fingerprint density at radius 3 is 2.88 bits per heavy atom. The molecule has 1 aliphatic heterocycles. The average molecular weight is 367 g/mol. The maximum absolute atomic E-state index is 5.68. The molecule has 0 saturated carbocycles. The topological polar surface area (TPSA) is 34.4 Å². The summed E-state index contributed by atoms with van der Waals surface area (Å²) in [6.45, 7) is 2.67. The Morgan fingerprint density at radius 2 is 2.24 bits per heavy atom. The van der Waals surface area contributed by atoms with Gasteiger partial charge in [-0.1, -0.05) is 0 Å². The molecule has 2 rings (SSSR count). The lowest BCUT2D eigenvalue weighted by molar-refractivity contribution is 0.0115. The largest absolute Gasteiger partial charge is 0.452 e. The third-order valence-electron chi connectivity index (χ3n) is 2.91. The highest BCUT2D eigenvalue weighted by Crippen LogP contribution is 2.26. The monoisotopic (exact) mass is 365 g/mol. The molecule has 2 heterocycles. The van der Waals surface area contributed by atoms with Gasteiger partial charge in [0, 0.05) is 6.61 Å². The molecule has 0 aromatic carbocycles.